The second-order valence-electron chi connectivity index (χ2n) is 6.82. The Bertz CT molecular complexity index is 1200. The summed E-state index contributed by atoms with van der Waals surface area (Å²) in [5.41, 5.74) is 17.4. The molecule has 0 saturated heterocycles. The highest BCUT2D eigenvalue weighted by molar-refractivity contribution is 6.07. The van der Waals surface area contributed by atoms with Crippen LogP contribution in [-0.4, -0.2) is 5.96 Å². The van der Waals surface area contributed by atoms with Gasteiger partial charge in [-0.3, -0.25) is 0 Å². The Morgan fingerprint density at radius 1 is 0.769 bits per heavy atom. The molecule has 0 aromatic heterocycles. The average Bonchev–Trinajstić information content (AvgIpc) is 3.08. The summed E-state index contributed by atoms with van der Waals surface area (Å²) >= 11 is 0. The van der Waals surface area contributed by atoms with E-state index in [1.807, 2.05) is 6.07 Å². The zero-order valence-corrected chi connectivity index (χ0v) is 14.4. The number of hydrogen-bond acceptors (Lipinski definition) is 1. The number of nitrogens with two attached hydrogens (primary N) is 2. The fraction of sp³-hybridized carbons (Fsp3) is 0.0870. The van der Waals surface area contributed by atoms with Crippen molar-refractivity contribution in [2.75, 3.05) is 0 Å². The molecule has 3 heteroatoms. The first kappa shape index (κ1) is 15.0. The lowest BCUT2D eigenvalue weighted by Gasteiger charge is -2.15. The molecule has 0 radical (unpaired) electrons. The first-order chi connectivity index (χ1) is 12.7. The van der Waals surface area contributed by atoms with Crippen molar-refractivity contribution in [2.24, 2.45) is 16.5 Å². The summed E-state index contributed by atoms with van der Waals surface area (Å²) in [6, 6.07) is 23.5. The van der Waals surface area contributed by atoms with E-state index in [4.69, 9.17) is 11.5 Å². The molecule has 0 spiro atoms. The maximum atomic E-state index is 5.71. The van der Waals surface area contributed by atoms with Crippen LogP contribution in [0.3, 0.4) is 0 Å². The minimum Gasteiger partial charge on any atom is -0.370 e. The van der Waals surface area contributed by atoms with E-state index in [0.717, 1.165) is 24.1 Å². The fourth-order valence-corrected chi connectivity index (χ4v) is 4.27. The molecule has 4 aromatic rings. The van der Waals surface area contributed by atoms with Crippen LogP contribution in [0, 0.1) is 0 Å². The van der Waals surface area contributed by atoms with E-state index < -0.39 is 0 Å². The molecule has 0 saturated carbocycles. The third kappa shape index (κ3) is 2.17. The van der Waals surface area contributed by atoms with Gasteiger partial charge in [0.1, 0.15) is 0 Å². The van der Waals surface area contributed by atoms with Gasteiger partial charge in [-0.15, -0.1) is 0 Å². The topological polar surface area (TPSA) is 64.4 Å². The molecule has 4 aromatic carbocycles. The van der Waals surface area contributed by atoms with Gasteiger partial charge in [0.25, 0.3) is 0 Å². The molecule has 4 N–H and O–H groups in total. The van der Waals surface area contributed by atoms with Crippen molar-refractivity contribution in [3.8, 4) is 11.1 Å². The van der Waals surface area contributed by atoms with Gasteiger partial charge in [-0.25, -0.2) is 4.99 Å². The van der Waals surface area contributed by atoms with Gasteiger partial charge in [0.2, 0.25) is 0 Å². The van der Waals surface area contributed by atoms with E-state index >= 15 is 0 Å². The minimum absolute atomic E-state index is 0.0828. The summed E-state index contributed by atoms with van der Waals surface area (Å²) in [6.45, 7) is 0. The zero-order chi connectivity index (χ0) is 17.7. The SMILES string of the molecule is NC(N)=Nc1ccc2ccccc2c1-c1ccc2cccc3c2c1CC3. The predicted molar refractivity (Wildman–Crippen MR) is 110 cm³/mol. The van der Waals surface area contributed by atoms with Crippen molar-refractivity contribution in [3.63, 3.8) is 0 Å². The molecule has 1 aliphatic carbocycles. The molecule has 0 aliphatic heterocycles. The first-order valence-corrected chi connectivity index (χ1v) is 8.87. The van der Waals surface area contributed by atoms with Crippen LogP contribution in [0.2, 0.25) is 0 Å². The van der Waals surface area contributed by atoms with Crippen molar-refractivity contribution >= 4 is 33.2 Å². The molecule has 26 heavy (non-hydrogen) atoms. The minimum atomic E-state index is 0.0828. The number of fused-ring (bicyclic) bond motifs is 1. The molecular formula is C23H19N3. The number of aryl methyl sites for hydroxylation is 2. The highest BCUT2D eigenvalue weighted by Gasteiger charge is 2.21. The highest BCUT2D eigenvalue weighted by Crippen LogP contribution is 2.43. The summed E-state index contributed by atoms with van der Waals surface area (Å²) in [6.07, 6.45) is 2.14. The molecule has 1 aliphatic rings. The molecule has 5 rings (SSSR count). The average molecular weight is 337 g/mol. The van der Waals surface area contributed by atoms with E-state index in [1.54, 1.807) is 0 Å². The van der Waals surface area contributed by atoms with Crippen LogP contribution in [-0.2, 0) is 12.8 Å². The number of rotatable bonds is 2. The van der Waals surface area contributed by atoms with Crippen LogP contribution in [0.15, 0.2) is 71.7 Å². The van der Waals surface area contributed by atoms with Crippen molar-refractivity contribution in [3.05, 3.63) is 77.9 Å². The van der Waals surface area contributed by atoms with E-state index in [0.29, 0.717) is 0 Å². The molecule has 0 unspecified atom stereocenters. The van der Waals surface area contributed by atoms with Gasteiger partial charge in [-0.1, -0.05) is 60.7 Å². The second-order valence-corrected chi connectivity index (χ2v) is 6.82. The smallest absolute Gasteiger partial charge is 0.191 e. The van der Waals surface area contributed by atoms with Crippen LogP contribution in [0.4, 0.5) is 5.69 Å². The maximum Gasteiger partial charge on any atom is 0.191 e. The Hall–Kier alpha value is -3.33. The highest BCUT2D eigenvalue weighted by atomic mass is 15.0. The molecule has 0 bridgehead atoms. The van der Waals surface area contributed by atoms with Crippen molar-refractivity contribution < 1.29 is 0 Å². The Labute approximate surface area is 152 Å². The molecule has 3 nitrogen and oxygen atoms in total. The van der Waals surface area contributed by atoms with Crippen molar-refractivity contribution in [1.29, 1.82) is 0 Å². The number of benzene rings is 4. The van der Waals surface area contributed by atoms with Gasteiger partial charge in [-0.05, 0) is 57.1 Å². The van der Waals surface area contributed by atoms with E-state index in [9.17, 15) is 0 Å². The van der Waals surface area contributed by atoms with E-state index in [2.05, 4.69) is 65.7 Å². The second kappa shape index (κ2) is 5.60. The van der Waals surface area contributed by atoms with Crippen LogP contribution >= 0.6 is 0 Å². The number of guanidine groups is 1. The standard InChI is InChI=1S/C23H19N3/c24-23(25)26-20-13-10-14-4-1-2-7-17(14)22(20)19-12-9-16-6-3-5-15-8-11-18(19)21(15)16/h1-7,9-10,12-13H,8,11H2,(H4,24,25,26). The Kier molecular flexibility index (Phi) is 3.22. The number of nitrogens with zero attached hydrogens (tertiary/aromatic N) is 1. The number of aliphatic imine (C=N–C) groups is 1. The van der Waals surface area contributed by atoms with Crippen LogP contribution in [0.25, 0.3) is 32.7 Å². The Balaban J connectivity index is 1.91. The molecule has 0 atom stereocenters. The third-order valence-electron chi connectivity index (χ3n) is 5.31. The molecule has 0 amide bonds. The quantitative estimate of drug-likeness (QED) is 0.412. The van der Waals surface area contributed by atoms with Crippen molar-refractivity contribution in [1.82, 2.24) is 0 Å². The van der Waals surface area contributed by atoms with Crippen LogP contribution in [0.1, 0.15) is 11.1 Å². The van der Waals surface area contributed by atoms with Gasteiger partial charge in [-0.2, -0.15) is 0 Å². The van der Waals surface area contributed by atoms with E-state index in [-0.39, 0.29) is 5.96 Å². The normalized spacial score (nSPS) is 12.6. The summed E-state index contributed by atoms with van der Waals surface area (Å²) in [4.78, 5) is 4.43. The van der Waals surface area contributed by atoms with Crippen LogP contribution < -0.4 is 11.5 Å². The van der Waals surface area contributed by atoms with Gasteiger partial charge in [0.05, 0.1) is 5.69 Å². The Morgan fingerprint density at radius 3 is 2.46 bits per heavy atom. The lowest BCUT2D eigenvalue weighted by molar-refractivity contribution is 1.03. The third-order valence-corrected chi connectivity index (χ3v) is 5.31. The summed E-state index contributed by atoms with van der Waals surface area (Å²) in [5.74, 6) is 0.0828. The largest absolute Gasteiger partial charge is 0.370 e. The van der Waals surface area contributed by atoms with Gasteiger partial charge < -0.3 is 11.5 Å². The monoisotopic (exact) mass is 337 g/mol. The van der Waals surface area contributed by atoms with Gasteiger partial charge >= 0.3 is 0 Å². The molecule has 126 valence electrons. The lowest BCUT2D eigenvalue weighted by atomic mass is 9.90. The summed E-state index contributed by atoms with van der Waals surface area (Å²) in [7, 11) is 0. The lowest BCUT2D eigenvalue weighted by Crippen LogP contribution is -2.22. The molecule has 0 heterocycles. The maximum absolute atomic E-state index is 5.71. The van der Waals surface area contributed by atoms with Crippen LogP contribution in [0.5, 0.6) is 0 Å². The predicted octanol–water partition coefficient (Wildman–Crippen LogP) is 4.66. The first-order valence-electron chi connectivity index (χ1n) is 8.87. The Morgan fingerprint density at radius 2 is 1.58 bits per heavy atom. The van der Waals surface area contributed by atoms with E-state index in [1.165, 1.54) is 38.2 Å². The van der Waals surface area contributed by atoms with Gasteiger partial charge in [0, 0.05) is 5.56 Å². The fourth-order valence-electron chi connectivity index (χ4n) is 4.27. The van der Waals surface area contributed by atoms with Gasteiger partial charge in [0.15, 0.2) is 5.96 Å². The summed E-state index contributed by atoms with van der Waals surface area (Å²) < 4.78 is 0. The van der Waals surface area contributed by atoms with Crippen molar-refractivity contribution in [2.45, 2.75) is 12.8 Å². The molecular weight excluding hydrogens is 318 g/mol. The zero-order valence-electron chi connectivity index (χ0n) is 14.4. The molecule has 0 fully saturated rings. The summed E-state index contributed by atoms with van der Waals surface area (Å²) in [5, 5.41) is 5.07. The number of hydrogen-bond donors (Lipinski definition) is 2.